The Morgan fingerprint density at radius 3 is 2.38 bits per heavy atom. The van der Waals surface area contributed by atoms with Gasteiger partial charge in [-0.05, 0) is 37.5 Å². The van der Waals surface area contributed by atoms with Crippen LogP contribution in [0.15, 0.2) is 42.9 Å². The molecule has 0 radical (unpaired) electrons. The molecule has 26 heavy (non-hydrogen) atoms. The zero-order chi connectivity index (χ0) is 18.0. The van der Waals surface area contributed by atoms with Gasteiger partial charge in [0.1, 0.15) is 5.54 Å². The average Bonchev–Trinajstić information content (AvgIpc) is 3.16. The van der Waals surface area contributed by atoms with Gasteiger partial charge in [0.15, 0.2) is 0 Å². The molecule has 2 aliphatic rings. The summed E-state index contributed by atoms with van der Waals surface area (Å²) in [6.07, 6.45) is 7.83. The van der Waals surface area contributed by atoms with E-state index in [1.165, 1.54) is 0 Å². The molecule has 2 saturated heterocycles. The molecule has 4 heterocycles. The van der Waals surface area contributed by atoms with Crippen molar-refractivity contribution in [1.82, 2.24) is 24.6 Å². The van der Waals surface area contributed by atoms with Crippen molar-refractivity contribution < 1.29 is 9.59 Å². The molecule has 0 aliphatic carbocycles. The Kier molecular flexibility index (Phi) is 4.44. The number of aromatic nitrogens is 3. The molecule has 0 unspecified atom stereocenters. The minimum absolute atomic E-state index is 0.0640. The van der Waals surface area contributed by atoms with Gasteiger partial charge in [0.05, 0.1) is 6.42 Å². The van der Waals surface area contributed by atoms with Crippen molar-refractivity contribution in [3.63, 3.8) is 0 Å². The summed E-state index contributed by atoms with van der Waals surface area (Å²) in [5.74, 6) is 0.207. The third-order valence-corrected chi connectivity index (χ3v) is 5.49. The maximum Gasteiger partial charge on any atom is 0.250 e. The van der Waals surface area contributed by atoms with Crippen LogP contribution in [0, 0.1) is 0 Å². The summed E-state index contributed by atoms with van der Waals surface area (Å²) in [4.78, 5) is 33.7. The van der Waals surface area contributed by atoms with Crippen LogP contribution in [0.2, 0.25) is 0 Å². The van der Waals surface area contributed by atoms with Crippen molar-refractivity contribution >= 4 is 11.8 Å². The predicted molar refractivity (Wildman–Crippen MR) is 95.2 cm³/mol. The van der Waals surface area contributed by atoms with E-state index in [0.717, 1.165) is 25.2 Å². The Balaban J connectivity index is 1.47. The molecular formula is C19H23N5O2. The molecular weight excluding hydrogens is 330 g/mol. The number of amides is 2. The quantitative estimate of drug-likeness (QED) is 0.824. The molecule has 2 aromatic rings. The number of pyridine rings is 1. The number of hydrogen-bond donors (Lipinski definition) is 0. The molecule has 0 spiro atoms. The molecule has 4 rings (SSSR count). The average molecular weight is 353 g/mol. The number of hydrogen-bond acceptors (Lipinski definition) is 4. The number of carbonyl (C=O) groups is 2. The second kappa shape index (κ2) is 6.90. The first-order valence-electron chi connectivity index (χ1n) is 9.16. The Bertz CT molecular complexity index is 762. The molecule has 7 nitrogen and oxygen atoms in total. The van der Waals surface area contributed by atoms with Gasteiger partial charge in [-0.1, -0.05) is 6.07 Å². The van der Waals surface area contributed by atoms with Gasteiger partial charge in [-0.15, -0.1) is 0 Å². The van der Waals surface area contributed by atoms with E-state index >= 15 is 0 Å². The second-order valence-electron chi connectivity index (χ2n) is 7.01. The fourth-order valence-corrected chi connectivity index (χ4v) is 3.77. The van der Waals surface area contributed by atoms with Gasteiger partial charge in [-0.25, -0.2) is 0 Å². The first-order chi connectivity index (χ1) is 12.7. The van der Waals surface area contributed by atoms with E-state index in [9.17, 15) is 9.59 Å². The summed E-state index contributed by atoms with van der Waals surface area (Å²) < 4.78 is 1.80. The molecule has 2 aromatic heterocycles. The van der Waals surface area contributed by atoms with Crippen LogP contribution in [0.3, 0.4) is 0 Å². The van der Waals surface area contributed by atoms with Gasteiger partial charge in [-0.2, -0.15) is 5.10 Å². The Hall–Kier alpha value is -2.70. The van der Waals surface area contributed by atoms with Crippen LogP contribution in [0.1, 0.15) is 25.0 Å². The number of rotatable bonds is 4. The Morgan fingerprint density at radius 1 is 1.00 bits per heavy atom. The monoisotopic (exact) mass is 353 g/mol. The van der Waals surface area contributed by atoms with E-state index in [1.54, 1.807) is 17.1 Å². The minimum atomic E-state index is -0.661. The summed E-state index contributed by atoms with van der Waals surface area (Å²) in [7, 11) is 0. The van der Waals surface area contributed by atoms with E-state index in [2.05, 4.69) is 10.1 Å². The Labute approximate surface area is 152 Å². The highest BCUT2D eigenvalue weighted by Gasteiger charge is 2.47. The summed E-state index contributed by atoms with van der Waals surface area (Å²) >= 11 is 0. The highest BCUT2D eigenvalue weighted by molar-refractivity contribution is 5.86. The molecule has 0 bridgehead atoms. The van der Waals surface area contributed by atoms with Crippen LogP contribution in [0.5, 0.6) is 0 Å². The summed E-state index contributed by atoms with van der Waals surface area (Å²) in [5, 5.41) is 4.37. The van der Waals surface area contributed by atoms with Gasteiger partial charge in [0.2, 0.25) is 5.91 Å². The molecule has 2 amide bonds. The smallest absolute Gasteiger partial charge is 0.250 e. The van der Waals surface area contributed by atoms with E-state index in [4.69, 9.17) is 0 Å². The van der Waals surface area contributed by atoms with Gasteiger partial charge in [-0.3, -0.25) is 19.3 Å². The first-order valence-corrected chi connectivity index (χ1v) is 9.16. The number of carbonyl (C=O) groups excluding carboxylic acids is 2. The summed E-state index contributed by atoms with van der Waals surface area (Å²) in [6, 6.07) is 7.45. The van der Waals surface area contributed by atoms with E-state index < -0.39 is 5.54 Å². The molecule has 0 saturated carbocycles. The predicted octanol–water partition coefficient (Wildman–Crippen LogP) is 1.07. The summed E-state index contributed by atoms with van der Waals surface area (Å²) in [5.41, 5.74) is 0.115. The van der Waals surface area contributed by atoms with Crippen molar-refractivity contribution in [2.45, 2.75) is 31.2 Å². The summed E-state index contributed by atoms with van der Waals surface area (Å²) in [6.45, 7) is 2.77. The number of piperidine rings is 1. The van der Waals surface area contributed by atoms with Gasteiger partial charge in [0, 0.05) is 50.5 Å². The minimum Gasteiger partial charge on any atom is -0.342 e. The van der Waals surface area contributed by atoms with Crippen molar-refractivity contribution in [2.24, 2.45) is 0 Å². The molecule has 136 valence electrons. The lowest BCUT2D eigenvalue weighted by Crippen LogP contribution is -2.59. The van der Waals surface area contributed by atoms with Gasteiger partial charge >= 0.3 is 0 Å². The maximum atomic E-state index is 13.1. The molecule has 2 aliphatic heterocycles. The van der Waals surface area contributed by atoms with Crippen molar-refractivity contribution in [2.75, 3.05) is 26.2 Å². The van der Waals surface area contributed by atoms with Gasteiger partial charge in [0.25, 0.3) is 5.91 Å². The lowest BCUT2D eigenvalue weighted by Gasteiger charge is -2.45. The van der Waals surface area contributed by atoms with Gasteiger partial charge < -0.3 is 9.80 Å². The fraction of sp³-hybridized carbons (Fsp3) is 0.474. The highest BCUT2D eigenvalue weighted by Crippen LogP contribution is 2.33. The van der Waals surface area contributed by atoms with E-state index in [0.29, 0.717) is 32.4 Å². The van der Waals surface area contributed by atoms with Crippen LogP contribution in [0.25, 0.3) is 0 Å². The molecule has 0 N–H and O–H groups in total. The van der Waals surface area contributed by atoms with Crippen molar-refractivity contribution in [3.05, 3.63) is 48.5 Å². The SMILES string of the molecule is O=C(Cc1ccccn1)N1CCC(C(=O)N2CCC2)(n2cccn2)CC1. The van der Waals surface area contributed by atoms with Crippen LogP contribution in [0.4, 0.5) is 0 Å². The van der Waals surface area contributed by atoms with E-state index in [-0.39, 0.29) is 11.8 Å². The zero-order valence-electron chi connectivity index (χ0n) is 14.8. The molecule has 0 aromatic carbocycles. The first kappa shape index (κ1) is 16.8. The van der Waals surface area contributed by atoms with Crippen molar-refractivity contribution in [3.8, 4) is 0 Å². The van der Waals surface area contributed by atoms with Crippen LogP contribution in [-0.2, 0) is 21.5 Å². The third-order valence-electron chi connectivity index (χ3n) is 5.49. The van der Waals surface area contributed by atoms with E-state index in [1.807, 2.05) is 40.3 Å². The highest BCUT2D eigenvalue weighted by atomic mass is 16.2. The fourth-order valence-electron chi connectivity index (χ4n) is 3.77. The van der Waals surface area contributed by atoms with Crippen LogP contribution >= 0.6 is 0 Å². The largest absolute Gasteiger partial charge is 0.342 e. The lowest BCUT2D eigenvalue weighted by molar-refractivity contribution is -0.150. The van der Waals surface area contributed by atoms with Crippen LogP contribution < -0.4 is 0 Å². The molecule has 0 atom stereocenters. The standard InChI is InChI=1S/C19H23N5O2/c25-17(15-16-5-1-2-8-20-16)22-13-6-19(7-14-22,24-12-3-9-21-24)18(26)23-10-4-11-23/h1-3,5,8-9,12H,4,6-7,10-11,13-15H2. The van der Waals surface area contributed by atoms with Crippen molar-refractivity contribution in [1.29, 1.82) is 0 Å². The van der Waals surface area contributed by atoms with Crippen LogP contribution in [-0.4, -0.2) is 62.6 Å². The topological polar surface area (TPSA) is 71.3 Å². The normalized spacial score (nSPS) is 19.1. The molecule has 7 heteroatoms. The maximum absolute atomic E-state index is 13.1. The number of likely N-dealkylation sites (tertiary alicyclic amines) is 2. The second-order valence-corrected chi connectivity index (χ2v) is 7.01. The zero-order valence-corrected chi connectivity index (χ0v) is 14.8. The Morgan fingerprint density at radius 2 is 1.81 bits per heavy atom. The molecule has 2 fully saturated rings. The third kappa shape index (κ3) is 2.98. The number of nitrogens with zero attached hydrogens (tertiary/aromatic N) is 5. The lowest BCUT2D eigenvalue weighted by atomic mass is 9.85.